The van der Waals surface area contributed by atoms with Crippen LogP contribution in [0.25, 0.3) is 0 Å². The molecule has 0 unspecified atom stereocenters. The molecule has 76 valence electrons. The summed E-state index contributed by atoms with van der Waals surface area (Å²) in [6, 6.07) is 9.83. The van der Waals surface area contributed by atoms with Crippen molar-refractivity contribution in [2.24, 2.45) is 0 Å². The molecule has 2 nitrogen and oxygen atoms in total. The summed E-state index contributed by atoms with van der Waals surface area (Å²) in [5.74, 6) is 0. The lowest BCUT2D eigenvalue weighted by Gasteiger charge is -2.10. The minimum absolute atomic E-state index is 0.125. The van der Waals surface area contributed by atoms with Gasteiger partial charge in [-0.1, -0.05) is 30.3 Å². The van der Waals surface area contributed by atoms with E-state index in [1.807, 2.05) is 37.3 Å². The maximum Gasteiger partial charge on any atom is 0.224 e. The van der Waals surface area contributed by atoms with Gasteiger partial charge in [0.1, 0.15) is 0 Å². The van der Waals surface area contributed by atoms with E-state index >= 15 is 0 Å². The maximum absolute atomic E-state index is 10.6. The van der Waals surface area contributed by atoms with Gasteiger partial charge in [-0.25, -0.2) is 0 Å². The molecule has 0 aromatic heterocycles. The van der Waals surface area contributed by atoms with E-state index in [2.05, 4.69) is 0 Å². The van der Waals surface area contributed by atoms with Gasteiger partial charge in [-0.15, -0.1) is 0 Å². The van der Waals surface area contributed by atoms with E-state index in [4.69, 9.17) is 16.3 Å². The summed E-state index contributed by atoms with van der Waals surface area (Å²) in [7, 11) is 0. The molecular formula is C11H13ClO2. The highest BCUT2D eigenvalue weighted by Gasteiger charge is 2.06. The zero-order chi connectivity index (χ0) is 10.4. The summed E-state index contributed by atoms with van der Waals surface area (Å²) in [6.45, 7) is 2.36. The molecule has 0 N–H and O–H groups in total. The molecule has 0 aliphatic heterocycles. The molecule has 0 aliphatic carbocycles. The average molecular weight is 213 g/mol. The van der Waals surface area contributed by atoms with Gasteiger partial charge in [-0.05, 0) is 24.1 Å². The Morgan fingerprint density at radius 1 is 1.43 bits per heavy atom. The lowest BCUT2D eigenvalue weighted by atomic mass is 10.2. The van der Waals surface area contributed by atoms with Crippen LogP contribution in [-0.4, -0.2) is 11.3 Å². The molecule has 0 saturated carbocycles. The third-order valence-corrected chi connectivity index (χ3v) is 1.98. The van der Waals surface area contributed by atoms with Crippen LogP contribution < -0.4 is 0 Å². The first-order chi connectivity index (χ1) is 6.68. The molecule has 0 aliphatic rings. The summed E-state index contributed by atoms with van der Waals surface area (Å²) in [5.41, 5.74) is 1.10. The standard InChI is InChI=1S/C11H13ClO2/c1-9(7-11(12)13)14-8-10-5-3-2-4-6-10/h2-6,9H,7-8H2,1H3/t9-/m1/s1. The first-order valence-corrected chi connectivity index (χ1v) is 4.90. The zero-order valence-electron chi connectivity index (χ0n) is 8.07. The molecular weight excluding hydrogens is 200 g/mol. The Hall–Kier alpha value is -0.860. The fourth-order valence-electron chi connectivity index (χ4n) is 1.10. The van der Waals surface area contributed by atoms with E-state index in [1.54, 1.807) is 0 Å². The molecule has 1 aromatic rings. The zero-order valence-corrected chi connectivity index (χ0v) is 8.83. The number of hydrogen-bond acceptors (Lipinski definition) is 2. The Kier molecular flexibility index (Phi) is 4.63. The van der Waals surface area contributed by atoms with Crippen LogP contribution in [0.4, 0.5) is 0 Å². The summed E-state index contributed by atoms with van der Waals surface area (Å²) < 4.78 is 5.43. The van der Waals surface area contributed by atoms with E-state index in [0.29, 0.717) is 6.61 Å². The largest absolute Gasteiger partial charge is 0.373 e. The second-order valence-corrected chi connectivity index (χ2v) is 3.59. The highest BCUT2D eigenvalue weighted by molar-refractivity contribution is 6.63. The normalized spacial score (nSPS) is 12.4. The number of carbonyl (C=O) groups is 1. The molecule has 1 atom stereocenters. The van der Waals surface area contributed by atoms with E-state index in [9.17, 15) is 4.79 Å². The second kappa shape index (κ2) is 5.78. The number of hydrogen-bond donors (Lipinski definition) is 0. The number of carbonyl (C=O) groups excluding carboxylic acids is 1. The molecule has 1 rings (SSSR count). The van der Waals surface area contributed by atoms with Gasteiger partial charge in [0.05, 0.1) is 12.7 Å². The second-order valence-electron chi connectivity index (χ2n) is 3.17. The summed E-state index contributed by atoms with van der Waals surface area (Å²) in [5, 5.41) is -0.356. The predicted molar refractivity (Wildman–Crippen MR) is 56.2 cm³/mol. The van der Waals surface area contributed by atoms with Gasteiger partial charge in [0.25, 0.3) is 0 Å². The summed E-state index contributed by atoms with van der Waals surface area (Å²) >= 11 is 5.24. The minimum atomic E-state index is -0.356. The Labute approximate surface area is 88.8 Å². The van der Waals surface area contributed by atoms with Crippen molar-refractivity contribution in [1.82, 2.24) is 0 Å². The third-order valence-electron chi connectivity index (χ3n) is 1.83. The molecule has 0 fully saturated rings. The Balaban J connectivity index is 2.30. The molecule has 3 heteroatoms. The third kappa shape index (κ3) is 4.40. The van der Waals surface area contributed by atoms with E-state index in [1.165, 1.54) is 0 Å². The number of benzene rings is 1. The molecule has 0 saturated heterocycles. The quantitative estimate of drug-likeness (QED) is 0.702. The van der Waals surface area contributed by atoms with Gasteiger partial charge < -0.3 is 4.74 Å². The van der Waals surface area contributed by atoms with Crippen LogP contribution in [0, 0.1) is 0 Å². The van der Waals surface area contributed by atoms with Crippen molar-refractivity contribution in [3.05, 3.63) is 35.9 Å². The number of rotatable bonds is 5. The Morgan fingerprint density at radius 2 is 2.07 bits per heavy atom. The van der Waals surface area contributed by atoms with Crippen LogP contribution in [0.15, 0.2) is 30.3 Å². The lowest BCUT2D eigenvalue weighted by molar-refractivity contribution is -0.114. The maximum atomic E-state index is 10.6. The fourth-order valence-corrected chi connectivity index (χ4v) is 1.31. The first-order valence-electron chi connectivity index (χ1n) is 4.52. The minimum Gasteiger partial charge on any atom is -0.373 e. The average Bonchev–Trinajstić information content (AvgIpc) is 2.15. The first kappa shape index (κ1) is 11.2. The van der Waals surface area contributed by atoms with Crippen LogP contribution >= 0.6 is 11.6 Å². The SMILES string of the molecule is C[C@H](CC(=O)Cl)OCc1ccccc1. The van der Waals surface area contributed by atoms with Crippen LogP contribution in [0.5, 0.6) is 0 Å². The van der Waals surface area contributed by atoms with Crippen LogP contribution in [0.2, 0.25) is 0 Å². The molecule has 14 heavy (non-hydrogen) atoms. The molecule has 0 radical (unpaired) electrons. The van der Waals surface area contributed by atoms with Gasteiger partial charge in [0.15, 0.2) is 0 Å². The Bertz CT molecular complexity index is 285. The van der Waals surface area contributed by atoms with Crippen LogP contribution in [-0.2, 0) is 16.1 Å². The van der Waals surface area contributed by atoms with Gasteiger partial charge >= 0.3 is 0 Å². The molecule has 0 amide bonds. The summed E-state index contributed by atoms with van der Waals surface area (Å²) in [4.78, 5) is 10.6. The monoisotopic (exact) mass is 212 g/mol. The molecule has 1 aromatic carbocycles. The van der Waals surface area contributed by atoms with Crippen molar-refractivity contribution < 1.29 is 9.53 Å². The smallest absolute Gasteiger partial charge is 0.224 e. The van der Waals surface area contributed by atoms with E-state index < -0.39 is 0 Å². The highest BCUT2D eigenvalue weighted by atomic mass is 35.5. The van der Waals surface area contributed by atoms with Crippen molar-refractivity contribution in [3.8, 4) is 0 Å². The van der Waals surface area contributed by atoms with Crippen molar-refractivity contribution in [3.63, 3.8) is 0 Å². The topological polar surface area (TPSA) is 26.3 Å². The van der Waals surface area contributed by atoms with Crippen LogP contribution in [0.3, 0.4) is 0 Å². The van der Waals surface area contributed by atoms with E-state index in [-0.39, 0.29) is 17.8 Å². The summed E-state index contributed by atoms with van der Waals surface area (Å²) in [6.07, 6.45) is 0.134. The van der Waals surface area contributed by atoms with Gasteiger partial charge in [0, 0.05) is 6.42 Å². The van der Waals surface area contributed by atoms with Crippen molar-refractivity contribution >= 4 is 16.8 Å². The van der Waals surface area contributed by atoms with Crippen molar-refractivity contribution in [2.45, 2.75) is 26.1 Å². The molecule has 0 heterocycles. The van der Waals surface area contributed by atoms with Crippen molar-refractivity contribution in [2.75, 3.05) is 0 Å². The van der Waals surface area contributed by atoms with Crippen LogP contribution in [0.1, 0.15) is 18.9 Å². The molecule has 0 bridgehead atoms. The fraction of sp³-hybridized carbons (Fsp3) is 0.364. The van der Waals surface area contributed by atoms with Gasteiger partial charge in [0.2, 0.25) is 5.24 Å². The lowest BCUT2D eigenvalue weighted by Crippen LogP contribution is -2.10. The Morgan fingerprint density at radius 3 is 2.64 bits per heavy atom. The molecule has 0 spiro atoms. The van der Waals surface area contributed by atoms with Gasteiger partial charge in [-0.3, -0.25) is 4.79 Å². The van der Waals surface area contributed by atoms with Gasteiger partial charge in [-0.2, -0.15) is 0 Å². The van der Waals surface area contributed by atoms with Crippen molar-refractivity contribution in [1.29, 1.82) is 0 Å². The number of halogens is 1. The predicted octanol–water partition coefficient (Wildman–Crippen LogP) is 2.75. The highest BCUT2D eigenvalue weighted by Crippen LogP contribution is 2.06. The number of ether oxygens (including phenoxy) is 1. The van der Waals surface area contributed by atoms with E-state index in [0.717, 1.165) is 5.56 Å².